The van der Waals surface area contributed by atoms with Gasteiger partial charge in [-0.05, 0) is 170 Å². The largest absolute Gasteiger partial charge is 0.436 e. The number of allylic oxidation sites excluding steroid dienone is 2. The summed E-state index contributed by atoms with van der Waals surface area (Å²) in [7, 11) is 0. The van der Waals surface area contributed by atoms with Gasteiger partial charge in [-0.1, -0.05) is 207 Å². The lowest BCUT2D eigenvalue weighted by Gasteiger charge is -2.20. The average molecular weight is 892 g/mol. The number of oxazole rings is 1. The maximum absolute atomic E-state index is 6.16. The monoisotopic (exact) mass is 891 g/mol. The predicted molar refractivity (Wildman–Crippen MR) is 298 cm³/mol. The zero-order valence-electron chi connectivity index (χ0n) is 38.7. The van der Waals surface area contributed by atoms with Gasteiger partial charge in [0, 0.05) is 5.56 Å². The van der Waals surface area contributed by atoms with Crippen molar-refractivity contribution in [2.45, 2.75) is 6.92 Å². The molecule has 13 aromatic rings. The molecule has 0 unspecified atom stereocenters. The molecule has 0 aliphatic heterocycles. The van der Waals surface area contributed by atoms with Gasteiger partial charge in [0.15, 0.2) is 5.76 Å². The number of hydrogen-bond acceptors (Lipinski definition) is 2. The van der Waals surface area contributed by atoms with Gasteiger partial charge in [0.2, 0.25) is 5.89 Å². The highest BCUT2D eigenvalue weighted by Gasteiger charge is 2.21. The minimum Gasteiger partial charge on any atom is -0.436 e. The maximum Gasteiger partial charge on any atom is 0.226 e. The van der Waals surface area contributed by atoms with E-state index in [9.17, 15) is 0 Å². The summed E-state index contributed by atoms with van der Waals surface area (Å²) >= 11 is 0. The summed E-state index contributed by atoms with van der Waals surface area (Å²) in [5, 5.41) is 14.7. The Labute approximate surface area is 406 Å². The number of benzene rings is 12. The van der Waals surface area contributed by atoms with Crippen LogP contribution in [0.25, 0.3) is 138 Å². The highest BCUT2D eigenvalue weighted by atomic mass is 16.4. The van der Waals surface area contributed by atoms with Gasteiger partial charge in [-0.25, -0.2) is 4.98 Å². The average Bonchev–Trinajstić information content (AvgIpc) is 3.80. The van der Waals surface area contributed by atoms with E-state index in [0.29, 0.717) is 5.89 Å². The minimum atomic E-state index is 0.604. The Kier molecular flexibility index (Phi) is 9.92. The van der Waals surface area contributed by atoms with Gasteiger partial charge < -0.3 is 4.42 Å². The molecule has 0 fully saturated rings. The van der Waals surface area contributed by atoms with Crippen LogP contribution < -0.4 is 0 Å². The molecule has 70 heavy (non-hydrogen) atoms. The van der Waals surface area contributed by atoms with Gasteiger partial charge >= 0.3 is 0 Å². The van der Waals surface area contributed by atoms with Crippen molar-refractivity contribution >= 4 is 70.7 Å². The fourth-order valence-corrected chi connectivity index (χ4v) is 10.9. The summed E-state index contributed by atoms with van der Waals surface area (Å²) in [6.45, 7) is 5.76. The Morgan fingerprint density at radius 2 is 0.743 bits per heavy atom. The standard InChI is InChI=1S/C68H45NO/c1-3-4-28-63-43(2)69-68(70-63)47-33-31-46(32-34-47)64-55-22-9-11-24-57(55)65(58-25-12-10-23-56(58)64)52-21-15-20-50(41-52)51-37-38-61-62(42-51)67(54-36-30-45-17-6-8-19-49(45)40-54)60-27-14-13-26-59(60)66(61)53-35-29-44-16-5-7-18-48(44)39-53/h3-42H,1H2,2H3/b28-4-. The van der Waals surface area contributed by atoms with E-state index in [1.165, 1.54) is 115 Å². The molecule has 0 bridgehead atoms. The van der Waals surface area contributed by atoms with Crippen LogP contribution in [0.5, 0.6) is 0 Å². The Morgan fingerprint density at radius 1 is 0.343 bits per heavy atom. The first-order chi connectivity index (χ1) is 34.6. The molecule has 12 aromatic carbocycles. The van der Waals surface area contributed by atoms with Gasteiger partial charge in [-0.15, -0.1) is 0 Å². The van der Waals surface area contributed by atoms with E-state index in [1.807, 2.05) is 19.1 Å². The van der Waals surface area contributed by atoms with E-state index in [0.717, 1.165) is 22.6 Å². The third kappa shape index (κ3) is 6.92. The van der Waals surface area contributed by atoms with Crippen LogP contribution in [0.1, 0.15) is 11.5 Å². The first-order valence-corrected chi connectivity index (χ1v) is 24.0. The van der Waals surface area contributed by atoms with E-state index in [2.05, 4.69) is 231 Å². The second-order valence-electron chi connectivity index (χ2n) is 18.2. The topological polar surface area (TPSA) is 26.0 Å². The van der Waals surface area contributed by atoms with Crippen LogP contribution in [0.3, 0.4) is 0 Å². The quantitative estimate of drug-likeness (QED) is 0.112. The summed E-state index contributed by atoms with van der Waals surface area (Å²) in [5.41, 5.74) is 13.8. The highest BCUT2D eigenvalue weighted by molar-refractivity contribution is 6.24. The van der Waals surface area contributed by atoms with Crippen molar-refractivity contribution in [3.8, 4) is 67.1 Å². The molecule has 328 valence electrons. The lowest BCUT2D eigenvalue weighted by atomic mass is 9.83. The van der Waals surface area contributed by atoms with Crippen LogP contribution in [-0.4, -0.2) is 4.98 Å². The smallest absolute Gasteiger partial charge is 0.226 e. The summed E-state index contributed by atoms with van der Waals surface area (Å²) in [6, 6.07) is 82.8. The van der Waals surface area contributed by atoms with Crippen LogP contribution in [0.15, 0.2) is 248 Å². The molecule has 0 saturated heterocycles. The molecule has 0 spiro atoms. The molecule has 0 aliphatic carbocycles. The third-order valence-electron chi connectivity index (χ3n) is 14.2. The minimum absolute atomic E-state index is 0.604. The first kappa shape index (κ1) is 41.1. The van der Waals surface area contributed by atoms with Crippen molar-refractivity contribution in [3.05, 3.63) is 255 Å². The van der Waals surface area contributed by atoms with Crippen molar-refractivity contribution in [1.82, 2.24) is 4.98 Å². The van der Waals surface area contributed by atoms with E-state index in [4.69, 9.17) is 9.40 Å². The van der Waals surface area contributed by atoms with E-state index in [-0.39, 0.29) is 0 Å². The van der Waals surface area contributed by atoms with Crippen molar-refractivity contribution in [3.63, 3.8) is 0 Å². The number of rotatable bonds is 8. The lowest BCUT2D eigenvalue weighted by molar-refractivity contribution is 0.563. The van der Waals surface area contributed by atoms with Crippen molar-refractivity contribution < 1.29 is 4.42 Å². The number of nitrogens with zero attached hydrogens (tertiary/aromatic N) is 1. The van der Waals surface area contributed by atoms with Gasteiger partial charge in [-0.2, -0.15) is 0 Å². The molecule has 0 saturated carbocycles. The van der Waals surface area contributed by atoms with E-state index >= 15 is 0 Å². The van der Waals surface area contributed by atoms with E-state index in [1.54, 1.807) is 6.08 Å². The molecule has 0 amide bonds. The van der Waals surface area contributed by atoms with Crippen LogP contribution in [-0.2, 0) is 0 Å². The fraction of sp³-hybridized carbons (Fsp3) is 0.0147. The third-order valence-corrected chi connectivity index (χ3v) is 14.2. The van der Waals surface area contributed by atoms with Crippen LogP contribution >= 0.6 is 0 Å². The lowest BCUT2D eigenvalue weighted by Crippen LogP contribution is -1.93. The van der Waals surface area contributed by atoms with Gasteiger partial charge in [0.25, 0.3) is 0 Å². The Hall–Kier alpha value is -9.11. The summed E-state index contributed by atoms with van der Waals surface area (Å²) in [4.78, 5) is 4.74. The second kappa shape index (κ2) is 16.9. The molecule has 0 aliphatic rings. The van der Waals surface area contributed by atoms with Crippen molar-refractivity contribution in [1.29, 1.82) is 0 Å². The highest BCUT2D eigenvalue weighted by Crippen LogP contribution is 2.48. The van der Waals surface area contributed by atoms with Crippen LogP contribution in [0.2, 0.25) is 0 Å². The van der Waals surface area contributed by atoms with Gasteiger partial charge in [0.05, 0.1) is 5.69 Å². The first-order valence-electron chi connectivity index (χ1n) is 24.0. The molecule has 0 atom stereocenters. The fourth-order valence-electron chi connectivity index (χ4n) is 10.9. The van der Waals surface area contributed by atoms with Gasteiger partial charge in [-0.3, -0.25) is 0 Å². The summed E-state index contributed by atoms with van der Waals surface area (Å²) in [6.07, 6.45) is 5.51. The van der Waals surface area contributed by atoms with Crippen molar-refractivity contribution in [2.75, 3.05) is 0 Å². The molecule has 2 heteroatoms. The van der Waals surface area contributed by atoms with E-state index < -0.39 is 0 Å². The molecule has 13 rings (SSSR count). The van der Waals surface area contributed by atoms with Crippen LogP contribution in [0.4, 0.5) is 0 Å². The van der Waals surface area contributed by atoms with Crippen LogP contribution in [0, 0.1) is 6.92 Å². The molecule has 1 aromatic heterocycles. The normalized spacial score (nSPS) is 11.8. The molecule has 1 heterocycles. The Bertz CT molecular complexity index is 4210. The van der Waals surface area contributed by atoms with Gasteiger partial charge in [0.1, 0.15) is 0 Å². The SMILES string of the molecule is C=C/C=C\c1oc(-c2ccc(-c3c4ccccc4c(-c4cccc(-c5ccc6c(-c7ccc8ccccc8c7)c7ccccc7c(-c7ccc8ccccc8c7)c6c5)c4)c4ccccc34)cc2)nc1C. The zero-order valence-corrected chi connectivity index (χ0v) is 38.7. The Balaban J connectivity index is 0.988. The number of aromatic nitrogens is 1. The Morgan fingerprint density at radius 3 is 1.29 bits per heavy atom. The maximum atomic E-state index is 6.16. The zero-order chi connectivity index (χ0) is 46.7. The molecular formula is C68H45NO. The van der Waals surface area contributed by atoms with Crippen molar-refractivity contribution in [2.24, 2.45) is 0 Å². The molecule has 2 nitrogen and oxygen atoms in total. The summed E-state index contributed by atoms with van der Waals surface area (Å²) < 4.78 is 6.16. The number of fused-ring (bicyclic) bond motifs is 6. The number of aryl methyl sites for hydroxylation is 1. The predicted octanol–water partition coefficient (Wildman–Crippen LogP) is 19.1. The number of hydrogen-bond donors (Lipinski definition) is 0. The molecule has 0 radical (unpaired) electrons. The summed E-state index contributed by atoms with van der Waals surface area (Å²) in [5.74, 6) is 1.34. The molecular weight excluding hydrogens is 847 g/mol. The second-order valence-corrected chi connectivity index (χ2v) is 18.2. The molecule has 0 N–H and O–H groups in total.